The molecule has 3 rings (SSSR count). The molecule has 2 aromatic carbocycles. The topological polar surface area (TPSA) is 95.9 Å². The average Bonchev–Trinajstić information content (AvgIpc) is 2.69. The van der Waals surface area contributed by atoms with Crippen LogP contribution in [0.1, 0.15) is 11.1 Å². The number of cyclic esters (lactones) is 1. The monoisotopic (exact) mass is 382 g/mol. The molecule has 0 spiro atoms. The fourth-order valence-corrected chi connectivity index (χ4v) is 3.14. The van der Waals surface area contributed by atoms with Crippen LogP contribution < -0.4 is 5.32 Å². The maximum Gasteiger partial charge on any atom is 0.326 e. The van der Waals surface area contributed by atoms with Crippen molar-refractivity contribution < 1.29 is 24.2 Å². The SMILES string of the molecule is O=C1CN(Cc2ccccc2)C(C(=O)N[C@@H](Cc2ccccc2)C(=O)O)CO1. The van der Waals surface area contributed by atoms with Gasteiger partial charge in [0.2, 0.25) is 5.91 Å². The van der Waals surface area contributed by atoms with E-state index in [1.165, 1.54) is 0 Å². The summed E-state index contributed by atoms with van der Waals surface area (Å²) in [6.07, 6.45) is 0.174. The lowest BCUT2D eigenvalue weighted by Gasteiger charge is -2.34. The highest BCUT2D eigenvalue weighted by Crippen LogP contribution is 2.14. The van der Waals surface area contributed by atoms with Gasteiger partial charge in [0.25, 0.3) is 0 Å². The van der Waals surface area contributed by atoms with Crippen molar-refractivity contribution in [2.24, 2.45) is 0 Å². The molecule has 0 aliphatic carbocycles. The Labute approximate surface area is 162 Å². The summed E-state index contributed by atoms with van der Waals surface area (Å²) in [5, 5.41) is 12.1. The van der Waals surface area contributed by atoms with E-state index in [4.69, 9.17) is 4.74 Å². The van der Waals surface area contributed by atoms with Gasteiger partial charge in [0.15, 0.2) is 0 Å². The van der Waals surface area contributed by atoms with Crippen LogP contribution in [-0.2, 0) is 32.1 Å². The van der Waals surface area contributed by atoms with Gasteiger partial charge in [0.1, 0.15) is 18.7 Å². The zero-order valence-corrected chi connectivity index (χ0v) is 15.3. The summed E-state index contributed by atoms with van der Waals surface area (Å²) in [5.41, 5.74) is 1.76. The van der Waals surface area contributed by atoms with Crippen molar-refractivity contribution in [3.05, 3.63) is 71.8 Å². The van der Waals surface area contributed by atoms with Crippen LogP contribution in [0.25, 0.3) is 0 Å². The van der Waals surface area contributed by atoms with Crippen LogP contribution in [0, 0.1) is 0 Å². The maximum absolute atomic E-state index is 12.8. The van der Waals surface area contributed by atoms with Crippen LogP contribution in [-0.4, -0.2) is 53.1 Å². The first-order valence-corrected chi connectivity index (χ1v) is 9.03. The summed E-state index contributed by atoms with van der Waals surface area (Å²) >= 11 is 0. The zero-order valence-electron chi connectivity index (χ0n) is 15.3. The van der Waals surface area contributed by atoms with Crippen LogP contribution in [0.3, 0.4) is 0 Å². The fraction of sp³-hybridized carbons (Fsp3) is 0.286. The fourth-order valence-electron chi connectivity index (χ4n) is 3.14. The van der Waals surface area contributed by atoms with Gasteiger partial charge >= 0.3 is 11.9 Å². The van der Waals surface area contributed by atoms with Crippen molar-refractivity contribution in [1.82, 2.24) is 10.2 Å². The van der Waals surface area contributed by atoms with Gasteiger partial charge in [-0.2, -0.15) is 0 Å². The molecular formula is C21H22N2O5. The first-order valence-electron chi connectivity index (χ1n) is 9.03. The van der Waals surface area contributed by atoms with Gasteiger partial charge in [0, 0.05) is 13.0 Å². The number of carbonyl (C=O) groups excluding carboxylic acids is 2. The number of benzene rings is 2. The number of carboxylic acid groups (broad SMARTS) is 1. The van der Waals surface area contributed by atoms with Crippen molar-refractivity contribution in [2.45, 2.75) is 25.0 Å². The number of carbonyl (C=O) groups is 3. The minimum Gasteiger partial charge on any atom is -0.480 e. The van der Waals surface area contributed by atoms with E-state index >= 15 is 0 Å². The van der Waals surface area contributed by atoms with Gasteiger partial charge in [-0.3, -0.25) is 14.5 Å². The number of hydrogen-bond acceptors (Lipinski definition) is 5. The van der Waals surface area contributed by atoms with E-state index in [0.29, 0.717) is 6.54 Å². The smallest absolute Gasteiger partial charge is 0.326 e. The Bertz CT molecular complexity index is 825. The molecular weight excluding hydrogens is 360 g/mol. The molecule has 1 unspecified atom stereocenters. The second-order valence-electron chi connectivity index (χ2n) is 6.68. The highest BCUT2D eigenvalue weighted by atomic mass is 16.5. The Morgan fingerprint density at radius 3 is 2.29 bits per heavy atom. The summed E-state index contributed by atoms with van der Waals surface area (Å²) < 4.78 is 5.05. The number of aliphatic carboxylic acids is 1. The second kappa shape index (κ2) is 9.14. The summed E-state index contributed by atoms with van der Waals surface area (Å²) in [7, 11) is 0. The van der Waals surface area contributed by atoms with Crippen molar-refractivity contribution in [1.29, 1.82) is 0 Å². The van der Waals surface area contributed by atoms with Crippen LogP contribution in [0.5, 0.6) is 0 Å². The molecule has 1 saturated heterocycles. The van der Waals surface area contributed by atoms with Crippen LogP contribution in [0.4, 0.5) is 0 Å². The van der Waals surface area contributed by atoms with Crippen molar-refractivity contribution in [3.8, 4) is 0 Å². The molecule has 2 atom stereocenters. The molecule has 2 N–H and O–H groups in total. The predicted molar refractivity (Wildman–Crippen MR) is 101 cm³/mol. The van der Waals surface area contributed by atoms with Gasteiger partial charge in [-0.1, -0.05) is 60.7 Å². The third kappa shape index (κ3) is 5.17. The Morgan fingerprint density at radius 2 is 1.68 bits per heavy atom. The Hall–Kier alpha value is -3.19. The second-order valence-corrected chi connectivity index (χ2v) is 6.68. The third-order valence-corrected chi connectivity index (χ3v) is 4.60. The van der Waals surface area contributed by atoms with Gasteiger partial charge in [-0.25, -0.2) is 4.79 Å². The highest BCUT2D eigenvalue weighted by molar-refractivity contribution is 5.88. The molecule has 7 heteroatoms. The summed E-state index contributed by atoms with van der Waals surface area (Å²) in [6.45, 7) is 0.267. The molecule has 1 aliphatic heterocycles. The zero-order chi connectivity index (χ0) is 19.9. The van der Waals surface area contributed by atoms with Crippen molar-refractivity contribution >= 4 is 17.8 Å². The van der Waals surface area contributed by atoms with Crippen LogP contribution >= 0.6 is 0 Å². The van der Waals surface area contributed by atoms with Crippen molar-refractivity contribution in [3.63, 3.8) is 0 Å². The molecule has 0 aromatic heterocycles. The third-order valence-electron chi connectivity index (χ3n) is 4.60. The molecule has 0 saturated carbocycles. The standard InChI is InChI=1S/C21H22N2O5/c24-19-13-23(12-16-9-5-2-6-10-16)18(14-28-19)20(25)22-17(21(26)27)11-15-7-3-1-4-8-15/h1-10,17-18H,11-14H2,(H,22,25)(H,26,27)/t17-,18?/m0/s1. The summed E-state index contributed by atoms with van der Waals surface area (Å²) in [4.78, 5) is 37.9. The molecule has 1 fully saturated rings. The Balaban J connectivity index is 1.70. The number of rotatable bonds is 7. The minimum absolute atomic E-state index is 0.0244. The predicted octanol–water partition coefficient (Wildman–Crippen LogP) is 1.23. The van der Waals surface area contributed by atoms with Gasteiger partial charge in [0.05, 0.1) is 6.54 Å². The maximum atomic E-state index is 12.8. The van der Waals surface area contributed by atoms with E-state index < -0.39 is 29.9 Å². The van der Waals surface area contributed by atoms with E-state index in [0.717, 1.165) is 11.1 Å². The molecule has 2 aromatic rings. The molecule has 28 heavy (non-hydrogen) atoms. The molecule has 1 aliphatic rings. The number of morpholine rings is 1. The van der Waals surface area contributed by atoms with E-state index in [2.05, 4.69) is 5.32 Å². The lowest BCUT2D eigenvalue weighted by atomic mass is 10.1. The van der Waals surface area contributed by atoms with Crippen LogP contribution in [0.2, 0.25) is 0 Å². The van der Waals surface area contributed by atoms with E-state index in [-0.39, 0.29) is 19.6 Å². The van der Waals surface area contributed by atoms with Gasteiger partial charge < -0.3 is 15.2 Å². The number of hydrogen-bond donors (Lipinski definition) is 2. The summed E-state index contributed by atoms with van der Waals surface area (Å²) in [6, 6.07) is 16.8. The Morgan fingerprint density at radius 1 is 1.07 bits per heavy atom. The molecule has 0 bridgehead atoms. The number of esters is 1. The number of ether oxygens (including phenoxy) is 1. The molecule has 1 heterocycles. The van der Waals surface area contributed by atoms with Gasteiger partial charge in [-0.15, -0.1) is 0 Å². The number of amides is 1. The molecule has 7 nitrogen and oxygen atoms in total. The van der Waals surface area contributed by atoms with E-state index in [1.807, 2.05) is 60.7 Å². The average molecular weight is 382 g/mol. The molecule has 146 valence electrons. The molecule has 0 radical (unpaired) electrons. The summed E-state index contributed by atoms with van der Waals surface area (Å²) in [5.74, 6) is -1.98. The quantitative estimate of drug-likeness (QED) is 0.700. The molecule has 1 amide bonds. The highest BCUT2D eigenvalue weighted by Gasteiger charge is 2.35. The Kier molecular flexibility index (Phi) is 6.39. The lowest BCUT2D eigenvalue weighted by molar-refractivity contribution is -0.159. The van der Waals surface area contributed by atoms with E-state index in [9.17, 15) is 19.5 Å². The van der Waals surface area contributed by atoms with Crippen molar-refractivity contribution in [2.75, 3.05) is 13.2 Å². The largest absolute Gasteiger partial charge is 0.480 e. The lowest BCUT2D eigenvalue weighted by Crippen LogP contribution is -2.57. The normalized spacial score (nSPS) is 18.1. The number of nitrogens with one attached hydrogen (secondary N) is 1. The first-order chi connectivity index (χ1) is 13.5. The van der Waals surface area contributed by atoms with Crippen LogP contribution in [0.15, 0.2) is 60.7 Å². The minimum atomic E-state index is -1.11. The van der Waals surface area contributed by atoms with Gasteiger partial charge in [-0.05, 0) is 11.1 Å². The first kappa shape index (κ1) is 19.6. The number of carboxylic acids is 1. The van der Waals surface area contributed by atoms with E-state index in [1.54, 1.807) is 4.90 Å². The number of nitrogens with zero attached hydrogens (tertiary/aromatic N) is 1.